The third kappa shape index (κ3) is 4.23. The summed E-state index contributed by atoms with van der Waals surface area (Å²) in [7, 11) is 3.48. The van der Waals surface area contributed by atoms with E-state index in [4.69, 9.17) is 34.7 Å². The number of aliphatic imine (C=N–C) groups is 1. The van der Waals surface area contributed by atoms with Gasteiger partial charge in [0.15, 0.2) is 5.69 Å². The van der Waals surface area contributed by atoms with Gasteiger partial charge in [0.1, 0.15) is 11.5 Å². The Morgan fingerprint density at radius 1 is 1.12 bits per heavy atom. The van der Waals surface area contributed by atoms with Crippen molar-refractivity contribution in [2.24, 2.45) is 4.99 Å². The Bertz CT molecular complexity index is 813. The lowest BCUT2D eigenvalue weighted by Crippen LogP contribution is -2.15. The average molecular weight is 393 g/mol. The van der Waals surface area contributed by atoms with E-state index in [2.05, 4.69) is 15.0 Å². The molecule has 0 fully saturated rings. The second-order valence-corrected chi connectivity index (χ2v) is 6.00. The SMILES string of the molecule is CN(C)/C=N/c1c(Cl)cc(-c2c(N)nc(N)nc2C(F)(F)F)cc1Cl. The molecule has 1 heterocycles. The monoisotopic (exact) mass is 392 g/mol. The van der Waals surface area contributed by atoms with Gasteiger partial charge < -0.3 is 16.4 Å². The highest BCUT2D eigenvalue weighted by Crippen LogP contribution is 2.43. The van der Waals surface area contributed by atoms with Gasteiger partial charge in [0, 0.05) is 14.1 Å². The van der Waals surface area contributed by atoms with Crippen LogP contribution < -0.4 is 11.5 Å². The van der Waals surface area contributed by atoms with Crippen molar-refractivity contribution in [3.05, 3.63) is 27.9 Å². The fourth-order valence-electron chi connectivity index (χ4n) is 1.99. The van der Waals surface area contributed by atoms with Crippen molar-refractivity contribution in [3.63, 3.8) is 0 Å². The van der Waals surface area contributed by atoms with Gasteiger partial charge in [-0.2, -0.15) is 18.2 Å². The fourth-order valence-corrected chi connectivity index (χ4v) is 2.58. The van der Waals surface area contributed by atoms with Gasteiger partial charge in [0.2, 0.25) is 5.95 Å². The van der Waals surface area contributed by atoms with Crippen LogP contribution in [0.4, 0.5) is 30.6 Å². The van der Waals surface area contributed by atoms with Crippen molar-refractivity contribution >= 4 is 47.0 Å². The summed E-state index contributed by atoms with van der Waals surface area (Å²) in [6.07, 6.45) is -3.34. The summed E-state index contributed by atoms with van der Waals surface area (Å²) in [6.45, 7) is 0. The van der Waals surface area contributed by atoms with Crippen molar-refractivity contribution in [2.45, 2.75) is 6.18 Å². The molecule has 1 aromatic heterocycles. The maximum absolute atomic E-state index is 13.3. The number of halogens is 5. The molecule has 2 aromatic rings. The first-order valence-corrected chi connectivity index (χ1v) is 7.46. The maximum Gasteiger partial charge on any atom is 0.434 e. The van der Waals surface area contributed by atoms with Gasteiger partial charge in [-0.15, -0.1) is 0 Å². The first-order valence-electron chi connectivity index (χ1n) is 6.71. The minimum absolute atomic E-state index is 0.00336. The van der Waals surface area contributed by atoms with E-state index in [1.807, 2.05) is 0 Å². The molecule has 134 valence electrons. The minimum atomic E-state index is -4.79. The molecule has 6 nitrogen and oxygen atoms in total. The molecule has 0 spiro atoms. The van der Waals surface area contributed by atoms with Crippen LogP contribution in [0, 0.1) is 0 Å². The zero-order valence-electron chi connectivity index (χ0n) is 13.1. The molecule has 0 aliphatic rings. The van der Waals surface area contributed by atoms with Crippen LogP contribution in [0.1, 0.15) is 5.69 Å². The van der Waals surface area contributed by atoms with Gasteiger partial charge in [-0.1, -0.05) is 23.2 Å². The molecule has 1 aromatic carbocycles. The van der Waals surface area contributed by atoms with E-state index in [1.54, 1.807) is 19.0 Å². The summed E-state index contributed by atoms with van der Waals surface area (Å²) in [5.41, 5.74) is 9.41. The van der Waals surface area contributed by atoms with Crippen LogP contribution in [0.15, 0.2) is 17.1 Å². The van der Waals surface area contributed by atoms with Gasteiger partial charge in [-0.25, -0.2) is 9.98 Å². The molecule has 0 saturated heterocycles. The van der Waals surface area contributed by atoms with E-state index in [9.17, 15) is 13.2 Å². The van der Waals surface area contributed by atoms with Crippen molar-refractivity contribution in [1.29, 1.82) is 0 Å². The molecule has 11 heteroatoms. The molecule has 25 heavy (non-hydrogen) atoms. The van der Waals surface area contributed by atoms with Crippen molar-refractivity contribution in [3.8, 4) is 11.1 Å². The summed E-state index contributed by atoms with van der Waals surface area (Å²) in [6, 6.07) is 2.52. The van der Waals surface area contributed by atoms with Gasteiger partial charge in [0.25, 0.3) is 0 Å². The smallest absolute Gasteiger partial charge is 0.383 e. The van der Waals surface area contributed by atoms with Gasteiger partial charge in [0.05, 0.1) is 21.9 Å². The summed E-state index contributed by atoms with van der Waals surface area (Å²) in [5.74, 6) is -1.02. The Hall–Kier alpha value is -2.26. The predicted octanol–water partition coefficient (Wildman–Crippen LogP) is 3.86. The number of nitrogens with zero attached hydrogens (tertiary/aromatic N) is 4. The third-order valence-electron chi connectivity index (χ3n) is 2.95. The van der Waals surface area contributed by atoms with Crippen LogP contribution in [0.5, 0.6) is 0 Å². The topological polar surface area (TPSA) is 93.4 Å². The molecule has 0 aliphatic heterocycles. The minimum Gasteiger partial charge on any atom is -0.383 e. The molecule has 0 saturated carbocycles. The normalized spacial score (nSPS) is 12.0. The van der Waals surface area contributed by atoms with Crippen LogP contribution in [0.25, 0.3) is 11.1 Å². The quantitative estimate of drug-likeness (QED) is 0.610. The Morgan fingerprint density at radius 2 is 1.68 bits per heavy atom. The van der Waals surface area contributed by atoms with E-state index in [-0.39, 0.29) is 21.3 Å². The van der Waals surface area contributed by atoms with Gasteiger partial charge in [-0.3, -0.25) is 0 Å². The summed E-state index contributed by atoms with van der Waals surface area (Å²) >= 11 is 12.2. The lowest BCUT2D eigenvalue weighted by molar-refractivity contribution is -0.140. The number of anilines is 2. The number of nitrogen functional groups attached to an aromatic ring is 2. The van der Waals surface area contributed by atoms with E-state index in [0.717, 1.165) is 0 Å². The zero-order chi connectivity index (χ0) is 18.9. The second kappa shape index (κ2) is 6.93. The number of nitrogens with two attached hydrogens (primary N) is 2. The molecule has 0 radical (unpaired) electrons. The highest BCUT2D eigenvalue weighted by molar-refractivity contribution is 6.39. The molecule has 0 unspecified atom stereocenters. The van der Waals surface area contributed by atoms with Crippen LogP contribution in [-0.2, 0) is 6.18 Å². The summed E-state index contributed by atoms with van der Waals surface area (Å²) in [4.78, 5) is 12.6. The van der Waals surface area contributed by atoms with Crippen molar-refractivity contribution in [1.82, 2.24) is 14.9 Å². The number of hydrogen-bond donors (Lipinski definition) is 2. The highest BCUT2D eigenvalue weighted by Gasteiger charge is 2.38. The Morgan fingerprint density at radius 3 is 2.16 bits per heavy atom. The molecule has 0 aliphatic carbocycles. The molecular formula is C14H13Cl2F3N6. The number of aromatic nitrogens is 2. The Kier molecular flexibility index (Phi) is 5.28. The highest BCUT2D eigenvalue weighted by atomic mass is 35.5. The van der Waals surface area contributed by atoms with E-state index in [1.165, 1.54) is 18.5 Å². The van der Waals surface area contributed by atoms with E-state index < -0.39 is 29.2 Å². The molecule has 2 rings (SSSR count). The average Bonchev–Trinajstić information content (AvgIpc) is 2.44. The molecule has 0 bridgehead atoms. The van der Waals surface area contributed by atoms with E-state index >= 15 is 0 Å². The standard InChI is InChI=1S/C14H13Cl2F3N6/c1-25(2)5-22-10-7(15)3-6(4-8(10)16)9-11(14(17,18)19)23-13(21)24-12(9)20/h3-5H,1-2H3,(H4,20,21,23,24)/b22-5+. The van der Waals surface area contributed by atoms with Crippen LogP contribution in [-0.4, -0.2) is 35.3 Å². The molecule has 4 N–H and O–H groups in total. The Balaban J connectivity index is 2.69. The summed E-state index contributed by atoms with van der Waals surface area (Å²) < 4.78 is 39.9. The maximum atomic E-state index is 13.3. The predicted molar refractivity (Wildman–Crippen MR) is 93.2 cm³/mol. The number of rotatable bonds is 3. The van der Waals surface area contributed by atoms with E-state index in [0.29, 0.717) is 0 Å². The lowest BCUT2D eigenvalue weighted by atomic mass is 10.0. The molecule has 0 atom stereocenters. The first-order chi connectivity index (χ1) is 11.5. The first kappa shape index (κ1) is 19.1. The van der Waals surface area contributed by atoms with Crippen molar-refractivity contribution < 1.29 is 13.2 Å². The van der Waals surface area contributed by atoms with Crippen LogP contribution in [0.2, 0.25) is 10.0 Å². The second-order valence-electron chi connectivity index (χ2n) is 5.19. The van der Waals surface area contributed by atoms with Gasteiger partial charge in [-0.05, 0) is 17.7 Å². The zero-order valence-corrected chi connectivity index (χ0v) is 14.6. The number of alkyl halides is 3. The van der Waals surface area contributed by atoms with Crippen LogP contribution >= 0.6 is 23.2 Å². The molecular weight excluding hydrogens is 380 g/mol. The third-order valence-corrected chi connectivity index (χ3v) is 3.52. The summed E-state index contributed by atoms with van der Waals surface area (Å²) in [5, 5.41) is 0.0925. The van der Waals surface area contributed by atoms with Gasteiger partial charge >= 0.3 is 6.18 Å². The fraction of sp³-hybridized carbons (Fsp3) is 0.214. The Labute approximate surface area is 151 Å². The molecule has 0 amide bonds. The van der Waals surface area contributed by atoms with Crippen molar-refractivity contribution in [2.75, 3.05) is 25.6 Å². The number of benzene rings is 1. The lowest BCUT2D eigenvalue weighted by Gasteiger charge is -2.15. The number of hydrogen-bond acceptors (Lipinski definition) is 5. The van der Waals surface area contributed by atoms with Crippen LogP contribution in [0.3, 0.4) is 0 Å². The largest absolute Gasteiger partial charge is 0.434 e.